The second-order valence-corrected chi connectivity index (χ2v) is 9.05. The van der Waals surface area contributed by atoms with Crippen LogP contribution >= 0.6 is 11.6 Å². The lowest BCUT2D eigenvalue weighted by atomic mass is 9.77. The summed E-state index contributed by atoms with van der Waals surface area (Å²) in [7, 11) is 1.39. The molecule has 6 nitrogen and oxygen atoms in total. The first kappa shape index (κ1) is 26.4. The van der Waals surface area contributed by atoms with E-state index in [-0.39, 0.29) is 34.2 Å². The van der Waals surface area contributed by atoms with Crippen molar-refractivity contribution in [3.8, 4) is 16.9 Å². The molecule has 1 aliphatic heterocycles. The SMILES string of the molecule is CC(c1ccc(-c2ccc(C(=O)O)c(F)c2)cc1Cl)C(O)(c1ccc2c(c1)N(C)C(=O)CO2)C(F)(F)F. The molecule has 37 heavy (non-hydrogen) atoms. The molecule has 0 radical (unpaired) electrons. The highest BCUT2D eigenvalue weighted by atomic mass is 35.5. The van der Waals surface area contributed by atoms with Crippen molar-refractivity contribution in [1.29, 1.82) is 0 Å². The monoisotopic (exact) mass is 537 g/mol. The number of hydrogen-bond donors (Lipinski definition) is 2. The molecule has 0 fully saturated rings. The zero-order valence-electron chi connectivity index (χ0n) is 19.4. The molecule has 0 aliphatic carbocycles. The second-order valence-electron chi connectivity index (χ2n) is 8.65. The summed E-state index contributed by atoms with van der Waals surface area (Å²) in [5.41, 5.74) is -3.80. The van der Waals surface area contributed by atoms with Crippen LogP contribution in [0.2, 0.25) is 5.02 Å². The third-order valence-corrected chi connectivity index (χ3v) is 6.87. The maximum atomic E-state index is 14.5. The molecular formula is C26H20ClF4NO5. The summed E-state index contributed by atoms with van der Waals surface area (Å²) in [6.45, 7) is 0.911. The number of anilines is 1. The average Bonchev–Trinajstić information content (AvgIpc) is 2.84. The van der Waals surface area contributed by atoms with E-state index in [1.165, 1.54) is 44.3 Å². The van der Waals surface area contributed by atoms with E-state index in [4.69, 9.17) is 21.4 Å². The average molecular weight is 538 g/mol. The lowest BCUT2D eigenvalue weighted by molar-refractivity contribution is -0.274. The summed E-state index contributed by atoms with van der Waals surface area (Å²) < 4.78 is 62.8. The van der Waals surface area contributed by atoms with Gasteiger partial charge in [-0.25, -0.2) is 9.18 Å². The maximum Gasteiger partial charge on any atom is 0.422 e. The molecule has 1 amide bonds. The predicted molar refractivity (Wildman–Crippen MR) is 128 cm³/mol. The zero-order chi connectivity index (χ0) is 27.3. The third-order valence-electron chi connectivity index (χ3n) is 6.54. The highest BCUT2D eigenvalue weighted by Crippen LogP contribution is 2.51. The van der Waals surface area contributed by atoms with Gasteiger partial charge in [0.25, 0.3) is 5.91 Å². The van der Waals surface area contributed by atoms with Gasteiger partial charge in [0.2, 0.25) is 0 Å². The fraction of sp³-hybridized carbons (Fsp3) is 0.231. The van der Waals surface area contributed by atoms with Gasteiger partial charge in [0.1, 0.15) is 11.6 Å². The minimum absolute atomic E-state index is 0.0359. The van der Waals surface area contributed by atoms with Gasteiger partial charge in [-0.15, -0.1) is 0 Å². The number of carbonyl (C=O) groups is 2. The van der Waals surface area contributed by atoms with Gasteiger partial charge in [-0.3, -0.25) is 4.79 Å². The molecule has 2 N–H and O–H groups in total. The van der Waals surface area contributed by atoms with Gasteiger partial charge in [0.05, 0.1) is 11.3 Å². The minimum atomic E-state index is -5.14. The molecule has 0 bridgehead atoms. The Morgan fingerprint density at radius 1 is 1.08 bits per heavy atom. The van der Waals surface area contributed by atoms with Gasteiger partial charge >= 0.3 is 12.1 Å². The molecule has 3 aromatic rings. The summed E-state index contributed by atoms with van der Waals surface area (Å²) >= 11 is 6.36. The highest BCUT2D eigenvalue weighted by molar-refractivity contribution is 6.31. The number of ether oxygens (including phenoxy) is 1. The molecule has 4 rings (SSSR count). The lowest BCUT2D eigenvalue weighted by Gasteiger charge is -2.38. The summed E-state index contributed by atoms with van der Waals surface area (Å²) in [6, 6.07) is 10.8. The number of rotatable bonds is 5. The number of fused-ring (bicyclic) bond motifs is 1. The first-order valence-corrected chi connectivity index (χ1v) is 11.3. The van der Waals surface area contributed by atoms with Crippen molar-refractivity contribution in [2.24, 2.45) is 0 Å². The number of halogens is 5. The number of likely N-dealkylation sites (N-methyl/N-ethyl adjacent to an activating group) is 1. The van der Waals surface area contributed by atoms with E-state index in [1.807, 2.05) is 0 Å². The summed E-state index contributed by atoms with van der Waals surface area (Å²) in [5.74, 6) is -4.29. The van der Waals surface area contributed by atoms with Crippen molar-refractivity contribution < 1.29 is 42.1 Å². The molecule has 1 aliphatic rings. The van der Waals surface area contributed by atoms with E-state index in [0.29, 0.717) is 5.56 Å². The van der Waals surface area contributed by atoms with Crippen LogP contribution in [0.5, 0.6) is 5.75 Å². The number of carboxylic acids is 1. The molecule has 1 heterocycles. The smallest absolute Gasteiger partial charge is 0.422 e. The zero-order valence-corrected chi connectivity index (χ0v) is 20.2. The van der Waals surface area contributed by atoms with Crippen molar-refractivity contribution in [2.75, 3.05) is 18.6 Å². The number of carboxylic acid groups (broad SMARTS) is 1. The largest absolute Gasteiger partial charge is 0.482 e. The number of nitrogens with zero attached hydrogens (tertiary/aromatic N) is 1. The minimum Gasteiger partial charge on any atom is -0.482 e. The first-order chi connectivity index (χ1) is 17.3. The predicted octanol–water partition coefficient (Wildman–Crippen LogP) is 5.75. The Balaban J connectivity index is 1.76. The number of benzene rings is 3. The summed E-state index contributed by atoms with van der Waals surface area (Å²) in [6.07, 6.45) is -5.14. The highest BCUT2D eigenvalue weighted by Gasteiger charge is 2.59. The molecule has 0 spiro atoms. The Morgan fingerprint density at radius 2 is 1.73 bits per heavy atom. The van der Waals surface area contributed by atoms with Crippen LogP contribution in [-0.4, -0.2) is 41.9 Å². The number of aromatic carboxylic acids is 1. The van der Waals surface area contributed by atoms with Gasteiger partial charge in [-0.1, -0.05) is 42.8 Å². The third kappa shape index (κ3) is 4.51. The van der Waals surface area contributed by atoms with Gasteiger partial charge < -0.3 is 19.8 Å². The van der Waals surface area contributed by atoms with Gasteiger partial charge in [-0.2, -0.15) is 13.2 Å². The summed E-state index contributed by atoms with van der Waals surface area (Å²) in [5, 5.41) is 20.1. The Kier molecular flexibility index (Phi) is 6.68. The Bertz CT molecular complexity index is 1410. The Labute approximate surface area is 213 Å². The number of carbonyl (C=O) groups excluding carboxylic acids is 1. The fourth-order valence-corrected chi connectivity index (χ4v) is 4.66. The van der Waals surface area contributed by atoms with Crippen molar-refractivity contribution in [2.45, 2.75) is 24.6 Å². The molecule has 0 aromatic heterocycles. The molecular weight excluding hydrogens is 518 g/mol. The number of amides is 1. The quantitative estimate of drug-likeness (QED) is 0.405. The number of hydrogen-bond acceptors (Lipinski definition) is 4. The number of alkyl halides is 3. The van der Waals surface area contributed by atoms with E-state index < -0.39 is 46.5 Å². The van der Waals surface area contributed by atoms with Crippen LogP contribution in [0, 0.1) is 5.82 Å². The lowest BCUT2D eigenvalue weighted by Crippen LogP contribution is -2.47. The second kappa shape index (κ2) is 9.35. The van der Waals surface area contributed by atoms with Crippen LogP contribution in [0.3, 0.4) is 0 Å². The van der Waals surface area contributed by atoms with Gasteiger partial charge in [0.15, 0.2) is 12.2 Å². The number of aliphatic hydroxyl groups is 1. The van der Waals surface area contributed by atoms with Crippen molar-refractivity contribution in [3.05, 3.63) is 82.1 Å². The van der Waals surface area contributed by atoms with E-state index in [2.05, 4.69) is 0 Å². The van der Waals surface area contributed by atoms with Gasteiger partial charge in [-0.05, 0) is 52.6 Å². The van der Waals surface area contributed by atoms with Crippen LogP contribution in [-0.2, 0) is 10.4 Å². The molecule has 0 saturated carbocycles. The van der Waals surface area contributed by atoms with E-state index in [0.717, 1.165) is 29.2 Å². The topological polar surface area (TPSA) is 87.1 Å². The fourth-order valence-electron chi connectivity index (χ4n) is 4.32. The molecule has 3 aromatic carbocycles. The first-order valence-electron chi connectivity index (χ1n) is 10.9. The molecule has 11 heteroatoms. The standard InChI is InChI=1S/C26H20ClF4NO5/c1-13(17-6-3-14(9-19(17)27)15-4-7-18(24(34)35)20(28)10-15)25(36,26(29,30)31)16-5-8-22-21(11-16)32(2)23(33)12-37-22/h3-11,13,36H,12H2,1-2H3,(H,34,35). The van der Waals surface area contributed by atoms with Crippen molar-refractivity contribution in [1.82, 2.24) is 0 Å². The van der Waals surface area contributed by atoms with Crippen LogP contribution < -0.4 is 9.64 Å². The summed E-state index contributed by atoms with van der Waals surface area (Å²) in [4.78, 5) is 24.2. The molecule has 2 unspecified atom stereocenters. The maximum absolute atomic E-state index is 14.5. The Morgan fingerprint density at radius 3 is 2.32 bits per heavy atom. The van der Waals surface area contributed by atoms with E-state index in [9.17, 15) is 32.3 Å². The van der Waals surface area contributed by atoms with Crippen molar-refractivity contribution in [3.63, 3.8) is 0 Å². The van der Waals surface area contributed by atoms with Crippen LogP contribution in [0.25, 0.3) is 11.1 Å². The van der Waals surface area contributed by atoms with Gasteiger partial charge in [0, 0.05) is 18.0 Å². The van der Waals surface area contributed by atoms with Crippen LogP contribution in [0.4, 0.5) is 23.2 Å². The van der Waals surface area contributed by atoms with Crippen LogP contribution in [0.15, 0.2) is 54.6 Å². The molecule has 2 atom stereocenters. The molecule has 0 saturated heterocycles. The normalized spacial score (nSPS) is 16.0. The van der Waals surface area contributed by atoms with E-state index in [1.54, 1.807) is 0 Å². The van der Waals surface area contributed by atoms with E-state index >= 15 is 0 Å². The van der Waals surface area contributed by atoms with Crippen molar-refractivity contribution >= 4 is 29.2 Å². The Hall–Kier alpha value is -3.63. The molecule has 194 valence electrons. The van der Waals surface area contributed by atoms with Crippen LogP contribution in [0.1, 0.15) is 34.3 Å².